The Balaban J connectivity index is 2.70. The first-order chi connectivity index (χ1) is 9.07. The van der Waals surface area contributed by atoms with Gasteiger partial charge in [-0.3, -0.25) is 9.69 Å². The Labute approximate surface area is 118 Å². The molecule has 1 amide bonds. The highest BCUT2D eigenvalue weighted by Gasteiger charge is 2.28. The van der Waals surface area contributed by atoms with Crippen LogP contribution in [-0.4, -0.2) is 55.0 Å². The molecule has 1 aliphatic rings. The van der Waals surface area contributed by atoms with Gasteiger partial charge in [-0.15, -0.1) is 0 Å². The predicted molar refractivity (Wildman–Crippen MR) is 80.0 cm³/mol. The lowest BCUT2D eigenvalue weighted by Gasteiger charge is -2.36. The van der Waals surface area contributed by atoms with Gasteiger partial charge >= 0.3 is 0 Å². The first-order valence-corrected chi connectivity index (χ1v) is 7.75. The molecule has 0 heterocycles. The van der Waals surface area contributed by atoms with Gasteiger partial charge < -0.3 is 10.6 Å². The van der Waals surface area contributed by atoms with Gasteiger partial charge in [0, 0.05) is 26.7 Å². The molecule has 1 unspecified atom stereocenters. The normalized spacial score (nSPS) is 19.2. The topological polar surface area (TPSA) is 49.6 Å². The summed E-state index contributed by atoms with van der Waals surface area (Å²) in [4.78, 5) is 16.3. The highest BCUT2D eigenvalue weighted by atomic mass is 16.2. The van der Waals surface area contributed by atoms with E-state index in [9.17, 15) is 4.79 Å². The molecule has 0 aromatic rings. The van der Waals surface area contributed by atoms with Crippen molar-refractivity contribution >= 4 is 5.91 Å². The standard InChI is InChI=1S/C15H31N3O/c1-13(15(19)17(2)3)18(12-8-11-16)14-9-6-4-5-7-10-14/h13-14H,4-12,16H2,1-3H3. The van der Waals surface area contributed by atoms with Gasteiger partial charge in [-0.1, -0.05) is 25.7 Å². The molecule has 1 rings (SSSR count). The zero-order chi connectivity index (χ0) is 14.3. The Kier molecular flexibility index (Phi) is 7.39. The van der Waals surface area contributed by atoms with Crippen LogP contribution in [0.15, 0.2) is 0 Å². The summed E-state index contributed by atoms with van der Waals surface area (Å²) in [6.07, 6.45) is 8.72. The smallest absolute Gasteiger partial charge is 0.239 e. The lowest BCUT2D eigenvalue weighted by Crippen LogP contribution is -2.50. The molecule has 1 fully saturated rings. The second-order valence-corrected chi connectivity index (χ2v) is 5.93. The van der Waals surface area contributed by atoms with E-state index >= 15 is 0 Å². The van der Waals surface area contributed by atoms with Crippen molar-refractivity contribution in [3.05, 3.63) is 0 Å². The van der Waals surface area contributed by atoms with Gasteiger partial charge in [-0.2, -0.15) is 0 Å². The van der Waals surface area contributed by atoms with Crippen LogP contribution in [-0.2, 0) is 4.79 Å². The number of carbonyl (C=O) groups is 1. The van der Waals surface area contributed by atoms with E-state index in [-0.39, 0.29) is 11.9 Å². The maximum atomic E-state index is 12.2. The minimum Gasteiger partial charge on any atom is -0.347 e. The average molecular weight is 269 g/mol. The Morgan fingerprint density at radius 3 is 2.26 bits per heavy atom. The summed E-state index contributed by atoms with van der Waals surface area (Å²) >= 11 is 0. The Morgan fingerprint density at radius 1 is 1.21 bits per heavy atom. The van der Waals surface area contributed by atoms with Crippen molar-refractivity contribution in [1.29, 1.82) is 0 Å². The van der Waals surface area contributed by atoms with Crippen LogP contribution in [0.25, 0.3) is 0 Å². The third kappa shape index (κ3) is 5.11. The van der Waals surface area contributed by atoms with E-state index in [0.29, 0.717) is 12.6 Å². The fourth-order valence-electron chi connectivity index (χ4n) is 3.07. The molecular formula is C15H31N3O. The molecule has 0 aliphatic heterocycles. The number of nitrogens with zero attached hydrogens (tertiary/aromatic N) is 2. The number of amides is 1. The summed E-state index contributed by atoms with van der Waals surface area (Å²) < 4.78 is 0. The number of hydrogen-bond acceptors (Lipinski definition) is 3. The summed E-state index contributed by atoms with van der Waals surface area (Å²) in [7, 11) is 3.68. The highest BCUT2D eigenvalue weighted by molar-refractivity contribution is 5.80. The molecule has 2 N–H and O–H groups in total. The first-order valence-electron chi connectivity index (χ1n) is 7.75. The minimum atomic E-state index is -0.0235. The van der Waals surface area contributed by atoms with E-state index in [1.165, 1.54) is 38.5 Å². The number of carbonyl (C=O) groups excluding carboxylic acids is 1. The molecular weight excluding hydrogens is 238 g/mol. The van der Waals surface area contributed by atoms with Crippen molar-refractivity contribution in [3.63, 3.8) is 0 Å². The summed E-state index contributed by atoms with van der Waals surface area (Å²) in [5.74, 6) is 0.210. The van der Waals surface area contributed by atoms with Gasteiger partial charge in [0.2, 0.25) is 5.91 Å². The molecule has 0 aromatic carbocycles. The van der Waals surface area contributed by atoms with E-state index in [2.05, 4.69) is 4.90 Å². The van der Waals surface area contributed by atoms with Gasteiger partial charge in [-0.25, -0.2) is 0 Å². The molecule has 112 valence electrons. The SMILES string of the molecule is CC(C(=O)N(C)C)N(CCCN)C1CCCCCC1. The summed E-state index contributed by atoms with van der Waals surface area (Å²) in [6.45, 7) is 3.69. The molecule has 4 heteroatoms. The second kappa shape index (κ2) is 8.54. The summed E-state index contributed by atoms with van der Waals surface area (Å²) in [6, 6.07) is 0.539. The van der Waals surface area contributed by atoms with Gasteiger partial charge in [0.1, 0.15) is 0 Å². The molecule has 0 saturated heterocycles. The van der Waals surface area contributed by atoms with Crippen LogP contribution in [0.1, 0.15) is 51.9 Å². The van der Waals surface area contributed by atoms with Gasteiger partial charge in [0.25, 0.3) is 0 Å². The average Bonchev–Trinajstić information content (AvgIpc) is 2.67. The maximum Gasteiger partial charge on any atom is 0.239 e. The fraction of sp³-hybridized carbons (Fsp3) is 0.933. The molecule has 1 saturated carbocycles. The predicted octanol–water partition coefficient (Wildman–Crippen LogP) is 1.84. The van der Waals surface area contributed by atoms with Gasteiger partial charge in [0.05, 0.1) is 6.04 Å². The molecule has 0 spiro atoms. The van der Waals surface area contributed by atoms with Crippen molar-refractivity contribution in [1.82, 2.24) is 9.80 Å². The van der Waals surface area contributed by atoms with Crippen molar-refractivity contribution in [2.24, 2.45) is 5.73 Å². The van der Waals surface area contributed by atoms with E-state index in [0.717, 1.165) is 13.0 Å². The van der Waals surface area contributed by atoms with Crippen molar-refractivity contribution in [3.8, 4) is 0 Å². The molecule has 1 atom stereocenters. The number of rotatable bonds is 6. The summed E-state index contributed by atoms with van der Waals surface area (Å²) in [5.41, 5.74) is 5.65. The van der Waals surface area contributed by atoms with Gasteiger partial charge in [-0.05, 0) is 32.7 Å². The quantitative estimate of drug-likeness (QED) is 0.749. The van der Waals surface area contributed by atoms with Crippen LogP contribution in [0, 0.1) is 0 Å². The third-order valence-electron chi connectivity index (χ3n) is 4.21. The molecule has 0 aromatic heterocycles. The summed E-state index contributed by atoms with van der Waals surface area (Å²) in [5, 5.41) is 0. The monoisotopic (exact) mass is 269 g/mol. The van der Waals surface area contributed by atoms with Crippen LogP contribution in [0.3, 0.4) is 0 Å². The van der Waals surface area contributed by atoms with Crippen LogP contribution in [0.5, 0.6) is 0 Å². The maximum absolute atomic E-state index is 12.2. The lowest BCUT2D eigenvalue weighted by molar-refractivity contribution is -0.135. The Hall–Kier alpha value is -0.610. The Morgan fingerprint density at radius 2 is 1.79 bits per heavy atom. The van der Waals surface area contributed by atoms with E-state index in [1.807, 2.05) is 21.0 Å². The number of likely N-dealkylation sites (N-methyl/N-ethyl adjacent to an activating group) is 1. The molecule has 4 nitrogen and oxygen atoms in total. The Bertz CT molecular complexity index is 260. The molecule has 1 aliphatic carbocycles. The van der Waals surface area contributed by atoms with Crippen molar-refractivity contribution in [2.45, 2.75) is 64.0 Å². The molecule has 0 bridgehead atoms. The minimum absolute atomic E-state index is 0.0235. The first kappa shape index (κ1) is 16.4. The number of nitrogens with two attached hydrogens (primary N) is 1. The lowest BCUT2D eigenvalue weighted by atomic mass is 10.0. The largest absolute Gasteiger partial charge is 0.347 e. The molecule has 0 radical (unpaired) electrons. The van der Waals surface area contributed by atoms with Crippen molar-refractivity contribution in [2.75, 3.05) is 27.2 Å². The van der Waals surface area contributed by atoms with E-state index in [1.54, 1.807) is 4.90 Å². The number of hydrogen-bond donors (Lipinski definition) is 1. The fourth-order valence-corrected chi connectivity index (χ4v) is 3.07. The van der Waals surface area contributed by atoms with Crippen molar-refractivity contribution < 1.29 is 4.79 Å². The molecule has 19 heavy (non-hydrogen) atoms. The van der Waals surface area contributed by atoms with E-state index in [4.69, 9.17) is 5.73 Å². The second-order valence-electron chi connectivity index (χ2n) is 5.93. The van der Waals surface area contributed by atoms with Gasteiger partial charge in [0.15, 0.2) is 0 Å². The zero-order valence-electron chi connectivity index (χ0n) is 12.9. The third-order valence-corrected chi connectivity index (χ3v) is 4.21. The highest BCUT2D eigenvalue weighted by Crippen LogP contribution is 2.24. The zero-order valence-corrected chi connectivity index (χ0v) is 12.9. The van der Waals surface area contributed by atoms with Crippen LogP contribution >= 0.6 is 0 Å². The van der Waals surface area contributed by atoms with E-state index < -0.39 is 0 Å². The van der Waals surface area contributed by atoms with Crippen LogP contribution in [0.4, 0.5) is 0 Å². The van der Waals surface area contributed by atoms with Crippen LogP contribution in [0.2, 0.25) is 0 Å². The van der Waals surface area contributed by atoms with Crippen LogP contribution < -0.4 is 5.73 Å².